The second-order valence-corrected chi connectivity index (χ2v) is 6.31. The van der Waals surface area contributed by atoms with Gasteiger partial charge in [0, 0.05) is 23.4 Å². The van der Waals surface area contributed by atoms with Crippen LogP contribution in [-0.2, 0) is 4.74 Å². The summed E-state index contributed by atoms with van der Waals surface area (Å²) in [6.45, 7) is 8.54. The molecule has 110 valence electrons. The van der Waals surface area contributed by atoms with Crippen molar-refractivity contribution < 1.29 is 14.5 Å². The second-order valence-electron chi connectivity index (χ2n) is 6.31. The molecule has 0 aromatic heterocycles. The summed E-state index contributed by atoms with van der Waals surface area (Å²) in [7, 11) is 0. The number of nitro groups is 1. The zero-order valence-corrected chi connectivity index (χ0v) is 12.3. The molecule has 0 aromatic rings. The van der Waals surface area contributed by atoms with Crippen molar-refractivity contribution in [1.29, 1.82) is 0 Å². The monoisotopic (exact) mass is 272 g/mol. The molecule has 1 rings (SSSR count). The van der Waals surface area contributed by atoms with Gasteiger partial charge in [-0.3, -0.25) is 10.1 Å². The van der Waals surface area contributed by atoms with E-state index in [2.05, 4.69) is 0 Å². The van der Waals surface area contributed by atoms with E-state index in [-0.39, 0.29) is 23.0 Å². The lowest BCUT2D eigenvalue weighted by Gasteiger charge is -2.39. The maximum Gasteiger partial charge on any atom is 0.410 e. The molecule has 1 saturated heterocycles. The standard InChI is InChI=1S/C13H24N2O4/c1-5-13(10-15(17)18)6-8-14(9-7-13)11(16)19-12(2,3)4/h5-10H2,1-4H3. The van der Waals surface area contributed by atoms with E-state index in [1.807, 2.05) is 27.7 Å². The highest BCUT2D eigenvalue weighted by Gasteiger charge is 2.39. The van der Waals surface area contributed by atoms with Gasteiger partial charge in [-0.25, -0.2) is 4.79 Å². The average molecular weight is 272 g/mol. The van der Waals surface area contributed by atoms with Gasteiger partial charge in [-0.1, -0.05) is 6.92 Å². The van der Waals surface area contributed by atoms with Gasteiger partial charge in [-0.15, -0.1) is 0 Å². The Morgan fingerprint density at radius 2 is 1.89 bits per heavy atom. The smallest absolute Gasteiger partial charge is 0.410 e. The molecular formula is C13H24N2O4. The van der Waals surface area contributed by atoms with Crippen LogP contribution in [0.25, 0.3) is 0 Å². The lowest BCUT2D eigenvalue weighted by Crippen LogP contribution is -2.47. The first-order chi connectivity index (χ1) is 8.67. The van der Waals surface area contributed by atoms with Crippen molar-refractivity contribution in [1.82, 2.24) is 4.90 Å². The Kier molecular flexibility index (Phi) is 4.76. The van der Waals surface area contributed by atoms with Crippen LogP contribution in [0.1, 0.15) is 47.0 Å². The van der Waals surface area contributed by atoms with E-state index in [4.69, 9.17) is 4.74 Å². The van der Waals surface area contributed by atoms with Crippen LogP contribution >= 0.6 is 0 Å². The van der Waals surface area contributed by atoms with Crippen LogP contribution in [0.5, 0.6) is 0 Å². The van der Waals surface area contributed by atoms with Crippen molar-refractivity contribution in [2.75, 3.05) is 19.6 Å². The van der Waals surface area contributed by atoms with Crippen LogP contribution in [0, 0.1) is 15.5 Å². The van der Waals surface area contributed by atoms with Gasteiger partial charge >= 0.3 is 6.09 Å². The fraction of sp³-hybridized carbons (Fsp3) is 0.923. The predicted molar refractivity (Wildman–Crippen MR) is 71.6 cm³/mol. The van der Waals surface area contributed by atoms with Crippen LogP contribution in [-0.4, -0.2) is 41.2 Å². The lowest BCUT2D eigenvalue weighted by molar-refractivity contribution is -0.499. The maximum atomic E-state index is 11.9. The molecular weight excluding hydrogens is 248 g/mol. The summed E-state index contributed by atoms with van der Waals surface area (Å²) in [5.74, 6) is 0. The van der Waals surface area contributed by atoms with Crippen molar-refractivity contribution in [3.8, 4) is 0 Å². The van der Waals surface area contributed by atoms with E-state index in [0.29, 0.717) is 25.9 Å². The molecule has 0 saturated carbocycles. The lowest BCUT2D eigenvalue weighted by atomic mass is 9.76. The number of piperidine rings is 1. The Morgan fingerprint density at radius 1 is 1.37 bits per heavy atom. The van der Waals surface area contributed by atoms with Gasteiger partial charge in [-0.05, 0) is 40.0 Å². The number of carbonyl (C=O) groups is 1. The van der Waals surface area contributed by atoms with E-state index in [1.165, 1.54) is 0 Å². The minimum atomic E-state index is -0.503. The van der Waals surface area contributed by atoms with Crippen LogP contribution in [0.15, 0.2) is 0 Å². The van der Waals surface area contributed by atoms with Crippen molar-refractivity contribution in [3.05, 3.63) is 10.1 Å². The number of rotatable bonds is 3. The van der Waals surface area contributed by atoms with E-state index in [1.54, 1.807) is 4.90 Å². The topological polar surface area (TPSA) is 72.7 Å². The summed E-state index contributed by atoms with van der Waals surface area (Å²) in [6.07, 6.45) is 1.79. The number of nitrogens with zero attached hydrogens (tertiary/aromatic N) is 2. The normalized spacial score (nSPS) is 19.1. The number of amides is 1. The van der Waals surface area contributed by atoms with Crippen LogP contribution in [0.2, 0.25) is 0 Å². The Bertz CT molecular complexity index is 341. The first-order valence-electron chi connectivity index (χ1n) is 6.77. The first-order valence-corrected chi connectivity index (χ1v) is 6.77. The predicted octanol–water partition coefficient (Wildman–Crippen LogP) is 2.69. The minimum Gasteiger partial charge on any atom is -0.444 e. The van der Waals surface area contributed by atoms with Crippen LogP contribution in [0.3, 0.4) is 0 Å². The van der Waals surface area contributed by atoms with Crippen molar-refractivity contribution in [2.24, 2.45) is 5.41 Å². The summed E-state index contributed by atoms with van der Waals surface area (Å²) < 4.78 is 5.31. The Labute approximate surface area is 114 Å². The minimum absolute atomic E-state index is 0.00828. The van der Waals surface area contributed by atoms with Gasteiger partial charge in [0.25, 0.3) is 0 Å². The molecule has 6 nitrogen and oxygen atoms in total. The molecule has 1 heterocycles. The molecule has 0 bridgehead atoms. The molecule has 0 N–H and O–H groups in total. The molecule has 0 atom stereocenters. The maximum absolute atomic E-state index is 11.9. The van der Waals surface area contributed by atoms with Gasteiger partial charge in [0.2, 0.25) is 6.54 Å². The number of hydrogen-bond donors (Lipinski definition) is 0. The highest BCUT2D eigenvalue weighted by Crippen LogP contribution is 2.35. The van der Waals surface area contributed by atoms with E-state index in [9.17, 15) is 14.9 Å². The average Bonchev–Trinajstić information content (AvgIpc) is 2.26. The summed E-state index contributed by atoms with van der Waals surface area (Å²) in [5, 5.41) is 10.7. The van der Waals surface area contributed by atoms with Crippen LogP contribution < -0.4 is 0 Å². The fourth-order valence-electron chi connectivity index (χ4n) is 2.39. The molecule has 1 aliphatic heterocycles. The summed E-state index contributed by atoms with van der Waals surface area (Å²) in [5.41, 5.74) is -0.765. The van der Waals surface area contributed by atoms with Crippen molar-refractivity contribution >= 4 is 6.09 Å². The second kappa shape index (κ2) is 5.75. The number of hydrogen-bond acceptors (Lipinski definition) is 4. The highest BCUT2D eigenvalue weighted by molar-refractivity contribution is 5.68. The first kappa shape index (κ1) is 15.7. The Morgan fingerprint density at radius 3 is 2.26 bits per heavy atom. The molecule has 0 aliphatic carbocycles. The van der Waals surface area contributed by atoms with E-state index >= 15 is 0 Å². The van der Waals surface area contributed by atoms with Crippen LogP contribution in [0.4, 0.5) is 4.79 Å². The molecule has 1 amide bonds. The largest absolute Gasteiger partial charge is 0.444 e. The number of carbonyl (C=O) groups excluding carboxylic acids is 1. The molecule has 1 aliphatic rings. The molecule has 1 fully saturated rings. The van der Waals surface area contributed by atoms with Gasteiger partial charge in [0.15, 0.2) is 0 Å². The molecule has 0 radical (unpaired) electrons. The fourth-order valence-corrected chi connectivity index (χ4v) is 2.39. The third kappa shape index (κ3) is 4.69. The number of ether oxygens (including phenoxy) is 1. The third-order valence-corrected chi connectivity index (χ3v) is 3.69. The van der Waals surface area contributed by atoms with Crippen molar-refractivity contribution in [3.63, 3.8) is 0 Å². The molecule has 0 unspecified atom stereocenters. The van der Waals surface area contributed by atoms with Gasteiger partial charge in [0.1, 0.15) is 5.60 Å². The quantitative estimate of drug-likeness (QED) is 0.585. The Hall–Kier alpha value is -1.33. The van der Waals surface area contributed by atoms with Crippen molar-refractivity contribution in [2.45, 2.75) is 52.6 Å². The molecule has 0 aromatic carbocycles. The van der Waals surface area contributed by atoms with E-state index < -0.39 is 5.60 Å². The summed E-state index contributed by atoms with van der Waals surface area (Å²) in [4.78, 5) is 24.0. The summed E-state index contributed by atoms with van der Waals surface area (Å²) in [6, 6.07) is 0. The third-order valence-electron chi connectivity index (χ3n) is 3.69. The molecule has 19 heavy (non-hydrogen) atoms. The zero-order valence-electron chi connectivity index (χ0n) is 12.3. The summed E-state index contributed by atoms with van der Waals surface area (Å²) >= 11 is 0. The van der Waals surface area contributed by atoms with E-state index in [0.717, 1.165) is 6.42 Å². The Balaban J connectivity index is 2.56. The number of likely N-dealkylation sites (tertiary alicyclic amines) is 1. The molecule has 0 spiro atoms. The highest BCUT2D eigenvalue weighted by atomic mass is 16.6. The van der Waals surface area contributed by atoms with Gasteiger partial charge < -0.3 is 9.64 Å². The molecule has 6 heteroatoms. The zero-order chi connectivity index (χ0) is 14.7. The van der Waals surface area contributed by atoms with Gasteiger partial charge in [-0.2, -0.15) is 0 Å². The van der Waals surface area contributed by atoms with Gasteiger partial charge in [0.05, 0.1) is 0 Å². The SMILES string of the molecule is CCC1(C[N+](=O)[O-])CCN(C(=O)OC(C)(C)C)CC1.